The van der Waals surface area contributed by atoms with Crippen LogP contribution in [-0.2, 0) is 9.53 Å². The molecule has 0 saturated carbocycles. The Labute approximate surface area is 93.2 Å². The van der Waals surface area contributed by atoms with Crippen LogP contribution in [0.25, 0.3) is 0 Å². The highest BCUT2D eigenvalue weighted by atomic mass is 16.5. The Balaban J connectivity index is 2.79. The minimum absolute atomic E-state index is 0.0893. The maximum absolute atomic E-state index is 11.4. The van der Waals surface area contributed by atoms with E-state index >= 15 is 0 Å². The lowest BCUT2D eigenvalue weighted by atomic mass is 10.3. The highest BCUT2D eigenvalue weighted by Crippen LogP contribution is 2.14. The van der Waals surface area contributed by atoms with Gasteiger partial charge in [-0.3, -0.25) is 9.69 Å². The van der Waals surface area contributed by atoms with Crippen LogP contribution in [-0.4, -0.2) is 30.8 Å². The molecule has 0 atom stereocenters. The third-order valence-corrected chi connectivity index (χ3v) is 2.01. The molecule has 1 aromatic rings. The van der Waals surface area contributed by atoms with Crippen molar-refractivity contribution < 1.29 is 19.4 Å². The number of carboxylic acid groups (broad SMARTS) is 1. The van der Waals surface area contributed by atoms with Crippen molar-refractivity contribution >= 4 is 17.7 Å². The van der Waals surface area contributed by atoms with Crippen molar-refractivity contribution in [3.63, 3.8) is 0 Å². The van der Waals surface area contributed by atoms with Gasteiger partial charge in [-0.25, -0.2) is 4.79 Å². The molecule has 0 fully saturated rings. The van der Waals surface area contributed by atoms with E-state index in [0.717, 1.165) is 0 Å². The van der Waals surface area contributed by atoms with Crippen LogP contribution in [0.5, 0.6) is 0 Å². The van der Waals surface area contributed by atoms with Crippen LogP contribution >= 0.6 is 0 Å². The molecule has 0 saturated heterocycles. The van der Waals surface area contributed by atoms with E-state index in [1.807, 2.05) is 6.07 Å². The van der Waals surface area contributed by atoms with E-state index < -0.39 is 12.1 Å². The number of anilines is 1. The summed E-state index contributed by atoms with van der Waals surface area (Å²) in [5, 5.41) is 8.58. The minimum Gasteiger partial charge on any atom is -0.481 e. The van der Waals surface area contributed by atoms with Crippen LogP contribution in [0, 0.1) is 0 Å². The van der Waals surface area contributed by atoms with Gasteiger partial charge in [0.25, 0.3) is 0 Å². The number of nitrogens with zero attached hydrogens (tertiary/aromatic N) is 1. The first-order valence-corrected chi connectivity index (χ1v) is 4.77. The Bertz CT molecular complexity index is 364. The summed E-state index contributed by atoms with van der Waals surface area (Å²) >= 11 is 0. The van der Waals surface area contributed by atoms with Gasteiger partial charge in [-0.1, -0.05) is 18.2 Å². The third kappa shape index (κ3) is 3.27. The number of carbonyl (C=O) groups excluding carboxylic acids is 1. The molecule has 0 radical (unpaired) electrons. The Morgan fingerprint density at radius 2 is 1.94 bits per heavy atom. The molecule has 0 spiro atoms. The van der Waals surface area contributed by atoms with Gasteiger partial charge in [0.05, 0.1) is 13.5 Å². The molecule has 0 aromatic heterocycles. The van der Waals surface area contributed by atoms with Crippen molar-refractivity contribution in [1.29, 1.82) is 0 Å². The van der Waals surface area contributed by atoms with Crippen LogP contribution < -0.4 is 4.90 Å². The van der Waals surface area contributed by atoms with E-state index in [1.54, 1.807) is 24.3 Å². The zero-order valence-electron chi connectivity index (χ0n) is 8.92. The summed E-state index contributed by atoms with van der Waals surface area (Å²) in [6, 6.07) is 8.80. The molecular formula is C11H13NO4. The second-order valence-corrected chi connectivity index (χ2v) is 3.10. The minimum atomic E-state index is -0.954. The zero-order valence-corrected chi connectivity index (χ0v) is 8.92. The molecule has 0 unspecified atom stereocenters. The fourth-order valence-corrected chi connectivity index (χ4v) is 1.25. The van der Waals surface area contributed by atoms with E-state index in [0.29, 0.717) is 5.69 Å². The molecule has 5 nitrogen and oxygen atoms in total. The zero-order chi connectivity index (χ0) is 12.0. The van der Waals surface area contributed by atoms with Crippen molar-refractivity contribution in [1.82, 2.24) is 0 Å². The predicted octanol–water partition coefficient (Wildman–Crippen LogP) is 1.73. The molecule has 1 aromatic carbocycles. The lowest BCUT2D eigenvalue weighted by Crippen LogP contribution is -2.32. The Morgan fingerprint density at radius 1 is 1.31 bits per heavy atom. The molecule has 0 bridgehead atoms. The molecule has 0 aliphatic carbocycles. The number of benzene rings is 1. The van der Waals surface area contributed by atoms with Gasteiger partial charge in [0, 0.05) is 12.2 Å². The smallest absolute Gasteiger partial charge is 0.414 e. The van der Waals surface area contributed by atoms with E-state index in [4.69, 9.17) is 5.11 Å². The summed E-state index contributed by atoms with van der Waals surface area (Å²) < 4.78 is 4.59. The number of para-hydroxylation sites is 1. The molecule has 1 amide bonds. The summed E-state index contributed by atoms with van der Waals surface area (Å²) in [5.41, 5.74) is 0.621. The Hall–Kier alpha value is -2.04. The van der Waals surface area contributed by atoms with Crippen molar-refractivity contribution in [2.45, 2.75) is 6.42 Å². The average molecular weight is 223 g/mol. The maximum atomic E-state index is 11.4. The first-order valence-electron chi connectivity index (χ1n) is 4.77. The number of hydrogen-bond acceptors (Lipinski definition) is 3. The molecule has 16 heavy (non-hydrogen) atoms. The molecular weight excluding hydrogens is 210 g/mol. The standard InChI is InChI=1S/C11H13NO4/c1-16-11(15)12(8-7-10(13)14)9-5-3-2-4-6-9/h2-6H,7-8H2,1H3,(H,13,14). The number of amides is 1. The highest BCUT2D eigenvalue weighted by molar-refractivity contribution is 5.88. The summed E-state index contributed by atoms with van der Waals surface area (Å²) in [7, 11) is 1.26. The first-order chi connectivity index (χ1) is 7.65. The monoisotopic (exact) mass is 223 g/mol. The topological polar surface area (TPSA) is 66.8 Å². The van der Waals surface area contributed by atoms with Gasteiger partial charge in [0.2, 0.25) is 0 Å². The molecule has 1 rings (SSSR count). The molecule has 5 heteroatoms. The van der Waals surface area contributed by atoms with Crippen molar-refractivity contribution in [3.05, 3.63) is 30.3 Å². The second-order valence-electron chi connectivity index (χ2n) is 3.10. The lowest BCUT2D eigenvalue weighted by molar-refractivity contribution is -0.136. The summed E-state index contributed by atoms with van der Waals surface area (Å²) in [6.45, 7) is 0.0893. The second kappa shape index (κ2) is 5.75. The van der Waals surface area contributed by atoms with Crippen molar-refractivity contribution in [2.75, 3.05) is 18.6 Å². The number of hydrogen-bond donors (Lipinski definition) is 1. The molecule has 0 aliphatic heterocycles. The van der Waals surface area contributed by atoms with Gasteiger partial charge in [-0.15, -0.1) is 0 Å². The van der Waals surface area contributed by atoms with E-state index in [2.05, 4.69) is 4.74 Å². The normalized spacial score (nSPS) is 9.56. The van der Waals surface area contributed by atoms with Gasteiger partial charge < -0.3 is 9.84 Å². The SMILES string of the molecule is COC(=O)N(CCC(=O)O)c1ccccc1. The van der Waals surface area contributed by atoms with Gasteiger partial charge in [0.1, 0.15) is 0 Å². The molecule has 86 valence electrons. The Kier molecular flexibility index (Phi) is 4.32. The van der Waals surface area contributed by atoms with Crippen molar-refractivity contribution in [2.24, 2.45) is 0 Å². The third-order valence-electron chi connectivity index (χ3n) is 2.01. The fraction of sp³-hybridized carbons (Fsp3) is 0.273. The van der Waals surface area contributed by atoms with Crippen LogP contribution in [0.4, 0.5) is 10.5 Å². The number of methoxy groups -OCH3 is 1. The van der Waals surface area contributed by atoms with Gasteiger partial charge >= 0.3 is 12.1 Å². The maximum Gasteiger partial charge on any atom is 0.414 e. The largest absolute Gasteiger partial charge is 0.481 e. The van der Waals surface area contributed by atoms with E-state index in [1.165, 1.54) is 12.0 Å². The number of rotatable bonds is 4. The van der Waals surface area contributed by atoms with Gasteiger partial charge in [-0.05, 0) is 12.1 Å². The van der Waals surface area contributed by atoms with Crippen LogP contribution in [0.3, 0.4) is 0 Å². The van der Waals surface area contributed by atoms with Crippen LogP contribution in [0.1, 0.15) is 6.42 Å². The van der Waals surface area contributed by atoms with Gasteiger partial charge in [0.15, 0.2) is 0 Å². The number of carbonyl (C=O) groups is 2. The number of aliphatic carboxylic acids is 1. The van der Waals surface area contributed by atoms with Crippen molar-refractivity contribution in [3.8, 4) is 0 Å². The Morgan fingerprint density at radius 3 is 2.44 bits per heavy atom. The molecule has 0 heterocycles. The summed E-state index contributed by atoms with van der Waals surface area (Å²) in [5.74, 6) is -0.954. The molecule has 0 aliphatic rings. The first kappa shape index (κ1) is 12.0. The lowest BCUT2D eigenvalue weighted by Gasteiger charge is -2.20. The quantitative estimate of drug-likeness (QED) is 0.844. The number of carboxylic acids is 1. The van der Waals surface area contributed by atoms with Gasteiger partial charge in [-0.2, -0.15) is 0 Å². The van der Waals surface area contributed by atoms with E-state index in [-0.39, 0.29) is 13.0 Å². The van der Waals surface area contributed by atoms with Crippen LogP contribution in [0.2, 0.25) is 0 Å². The average Bonchev–Trinajstić information content (AvgIpc) is 2.30. The molecule has 1 N–H and O–H groups in total. The number of ether oxygens (including phenoxy) is 1. The summed E-state index contributed by atoms with van der Waals surface area (Å²) in [4.78, 5) is 23.2. The van der Waals surface area contributed by atoms with Crippen LogP contribution in [0.15, 0.2) is 30.3 Å². The summed E-state index contributed by atoms with van der Waals surface area (Å²) in [6.07, 6.45) is -0.684. The predicted molar refractivity (Wildman–Crippen MR) is 58.4 cm³/mol. The van der Waals surface area contributed by atoms with E-state index in [9.17, 15) is 9.59 Å². The fourth-order valence-electron chi connectivity index (χ4n) is 1.25. The highest BCUT2D eigenvalue weighted by Gasteiger charge is 2.16.